The van der Waals surface area contributed by atoms with Gasteiger partial charge in [-0.05, 0) is 61.1 Å². The van der Waals surface area contributed by atoms with Crippen LogP contribution in [0.3, 0.4) is 0 Å². The molecule has 1 aliphatic rings. The smallest absolute Gasteiger partial charge is 0.267 e. The summed E-state index contributed by atoms with van der Waals surface area (Å²) in [7, 11) is 0. The maximum absolute atomic E-state index is 12.7. The Morgan fingerprint density at radius 2 is 1.83 bits per heavy atom. The number of carbonyl (C=O) groups is 2. The summed E-state index contributed by atoms with van der Waals surface area (Å²) in [5.41, 5.74) is 5.00. The highest BCUT2D eigenvalue weighted by Gasteiger charge is 2.17. The van der Waals surface area contributed by atoms with Crippen LogP contribution in [-0.2, 0) is 17.6 Å². The molecule has 146 valence electrons. The fourth-order valence-electron chi connectivity index (χ4n) is 3.38. The largest absolute Gasteiger partial charge is 0.321 e. The van der Waals surface area contributed by atoms with Gasteiger partial charge in [0, 0.05) is 11.8 Å². The van der Waals surface area contributed by atoms with E-state index in [1.807, 2.05) is 42.5 Å². The lowest BCUT2D eigenvalue weighted by Crippen LogP contribution is -2.11. The second kappa shape index (κ2) is 8.41. The first-order chi connectivity index (χ1) is 14.1. The molecule has 0 aliphatic heterocycles. The monoisotopic (exact) mass is 403 g/mol. The Morgan fingerprint density at radius 1 is 1.03 bits per heavy atom. The van der Waals surface area contributed by atoms with Crippen LogP contribution < -0.4 is 10.6 Å². The highest BCUT2D eigenvalue weighted by Crippen LogP contribution is 2.27. The van der Waals surface area contributed by atoms with E-state index in [0.29, 0.717) is 15.7 Å². The highest BCUT2D eigenvalue weighted by atomic mass is 32.1. The summed E-state index contributed by atoms with van der Waals surface area (Å²) in [6.07, 6.45) is 6.53. The molecule has 0 spiro atoms. The molecule has 0 atom stereocenters. The molecule has 0 radical (unpaired) electrons. The van der Waals surface area contributed by atoms with E-state index in [1.165, 1.54) is 35.0 Å². The van der Waals surface area contributed by atoms with Gasteiger partial charge in [0.15, 0.2) is 5.13 Å². The molecule has 1 aromatic heterocycles. The molecule has 2 amide bonds. The summed E-state index contributed by atoms with van der Waals surface area (Å²) in [5.74, 6) is -0.494. The Kier molecular flexibility index (Phi) is 5.53. The average Bonchev–Trinajstić information content (AvgIpc) is 3.33. The number of hydrogen-bond acceptors (Lipinski definition) is 4. The normalized spacial score (nSPS) is 12.7. The molecule has 5 nitrogen and oxygen atoms in total. The number of thiazole rings is 1. The lowest BCUT2D eigenvalue weighted by Gasteiger charge is -2.06. The van der Waals surface area contributed by atoms with Crippen LogP contribution >= 0.6 is 11.3 Å². The van der Waals surface area contributed by atoms with Gasteiger partial charge in [-0.1, -0.05) is 47.7 Å². The van der Waals surface area contributed by atoms with Crippen molar-refractivity contribution in [1.82, 2.24) is 4.98 Å². The number of hydrogen-bond donors (Lipinski definition) is 2. The van der Waals surface area contributed by atoms with Gasteiger partial charge in [-0.15, -0.1) is 0 Å². The van der Waals surface area contributed by atoms with Gasteiger partial charge in [-0.3, -0.25) is 14.9 Å². The second-order valence-corrected chi connectivity index (χ2v) is 7.96. The first kappa shape index (κ1) is 19.1. The van der Waals surface area contributed by atoms with Gasteiger partial charge < -0.3 is 5.32 Å². The van der Waals surface area contributed by atoms with Crippen molar-refractivity contribution in [1.29, 1.82) is 0 Å². The molecule has 6 heteroatoms. The van der Waals surface area contributed by atoms with E-state index in [2.05, 4.69) is 21.7 Å². The Hall–Kier alpha value is -3.25. The number of aromatic nitrogens is 1. The van der Waals surface area contributed by atoms with Crippen molar-refractivity contribution in [3.8, 4) is 0 Å². The summed E-state index contributed by atoms with van der Waals surface area (Å²) in [6, 6.07) is 15.6. The standard InChI is InChI=1S/C23H21N3O2S/c1-15-21(22(28)25-19-12-11-17-8-5-9-18(17)14-19)29-23(24-15)26-20(27)13-10-16-6-3-2-4-7-16/h2-4,6-7,10-14H,5,8-9H2,1H3,(H,25,28)(H,24,26,27). The molecule has 29 heavy (non-hydrogen) atoms. The predicted octanol–water partition coefficient (Wildman–Crippen LogP) is 4.84. The van der Waals surface area contributed by atoms with E-state index >= 15 is 0 Å². The predicted molar refractivity (Wildman–Crippen MR) is 117 cm³/mol. The van der Waals surface area contributed by atoms with Crippen molar-refractivity contribution in [3.63, 3.8) is 0 Å². The molecule has 0 bridgehead atoms. The van der Waals surface area contributed by atoms with E-state index in [-0.39, 0.29) is 11.8 Å². The third kappa shape index (κ3) is 4.60. The van der Waals surface area contributed by atoms with E-state index in [9.17, 15) is 9.59 Å². The van der Waals surface area contributed by atoms with E-state index in [1.54, 1.807) is 13.0 Å². The summed E-state index contributed by atoms with van der Waals surface area (Å²) < 4.78 is 0. The van der Waals surface area contributed by atoms with E-state index in [4.69, 9.17) is 0 Å². The van der Waals surface area contributed by atoms with Crippen LogP contribution in [0.4, 0.5) is 10.8 Å². The van der Waals surface area contributed by atoms with Crippen LogP contribution in [0.15, 0.2) is 54.6 Å². The number of amides is 2. The second-order valence-electron chi connectivity index (χ2n) is 6.96. The number of rotatable bonds is 5. The van der Waals surface area contributed by atoms with Crippen molar-refractivity contribution in [3.05, 3.63) is 81.9 Å². The zero-order valence-corrected chi connectivity index (χ0v) is 16.9. The summed E-state index contributed by atoms with van der Waals surface area (Å²) in [6.45, 7) is 1.77. The van der Waals surface area contributed by atoms with Crippen molar-refractivity contribution in [2.75, 3.05) is 10.6 Å². The molecule has 3 aromatic rings. The first-order valence-corrected chi connectivity index (χ1v) is 10.3. The molecular weight excluding hydrogens is 382 g/mol. The van der Waals surface area contributed by atoms with Gasteiger partial charge in [0.25, 0.3) is 5.91 Å². The van der Waals surface area contributed by atoms with Crippen molar-refractivity contribution >= 4 is 40.0 Å². The number of benzene rings is 2. The molecule has 0 saturated carbocycles. The van der Waals surface area contributed by atoms with Crippen LogP contribution in [0.1, 0.15) is 38.5 Å². The Labute approximate surface area is 173 Å². The third-order valence-corrected chi connectivity index (χ3v) is 5.89. The minimum Gasteiger partial charge on any atom is -0.321 e. The molecule has 0 unspecified atom stereocenters. The summed E-state index contributed by atoms with van der Waals surface area (Å²) in [5, 5.41) is 6.08. The first-order valence-electron chi connectivity index (χ1n) is 9.53. The van der Waals surface area contributed by atoms with E-state index in [0.717, 1.165) is 24.1 Å². The number of aryl methyl sites for hydroxylation is 3. The number of nitrogens with zero attached hydrogens (tertiary/aromatic N) is 1. The minimum absolute atomic E-state index is 0.210. The third-order valence-electron chi connectivity index (χ3n) is 4.82. The zero-order valence-electron chi connectivity index (χ0n) is 16.1. The topological polar surface area (TPSA) is 71.1 Å². The van der Waals surface area contributed by atoms with Gasteiger partial charge in [-0.25, -0.2) is 4.98 Å². The molecule has 1 aliphatic carbocycles. The maximum atomic E-state index is 12.7. The molecule has 0 fully saturated rings. The summed E-state index contributed by atoms with van der Waals surface area (Å²) in [4.78, 5) is 29.6. The molecular formula is C23H21N3O2S. The lowest BCUT2D eigenvalue weighted by atomic mass is 10.1. The van der Waals surface area contributed by atoms with Gasteiger partial charge in [-0.2, -0.15) is 0 Å². The molecule has 2 N–H and O–H groups in total. The molecule has 4 rings (SSSR count). The van der Waals surface area contributed by atoms with Gasteiger partial charge in [0.2, 0.25) is 5.91 Å². The zero-order chi connectivity index (χ0) is 20.2. The Morgan fingerprint density at radius 3 is 2.66 bits per heavy atom. The van der Waals surface area contributed by atoms with Crippen molar-refractivity contribution < 1.29 is 9.59 Å². The fourth-order valence-corrected chi connectivity index (χ4v) is 4.25. The summed E-state index contributed by atoms with van der Waals surface area (Å²) >= 11 is 1.17. The molecule has 1 heterocycles. The van der Waals surface area contributed by atoms with Gasteiger partial charge in [0.05, 0.1) is 5.69 Å². The maximum Gasteiger partial charge on any atom is 0.267 e. The number of anilines is 2. The molecule has 0 saturated heterocycles. The average molecular weight is 404 g/mol. The van der Waals surface area contributed by atoms with Gasteiger partial charge >= 0.3 is 0 Å². The van der Waals surface area contributed by atoms with Crippen molar-refractivity contribution in [2.45, 2.75) is 26.2 Å². The SMILES string of the molecule is Cc1nc(NC(=O)C=Cc2ccccc2)sc1C(=O)Nc1ccc2c(c1)CCC2. The van der Waals surface area contributed by atoms with Crippen LogP contribution in [0.2, 0.25) is 0 Å². The Balaban J connectivity index is 1.41. The van der Waals surface area contributed by atoms with Crippen LogP contribution in [0.25, 0.3) is 6.08 Å². The lowest BCUT2D eigenvalue weighted by molar-refractivity contribution is -0.111. The number of nitrogens with one attached hydrogen (secondary N) is 2. The molecule has 2 aromatic carbocycles. The highest BCUT2D eigenvalue weighted by molar-refractivity contribution is 7.17. The number of fused-ring (bicyclic) bond motifs is 1. The van der Waals surface area contributed by atoms with Crippen molar-refractivity contribution in [2.24, 2.45) is 0 Å². The van der Waals surface area contributed by atoms with Crippen LogP contribution in [0, 0.1) is 6.92 Å². The number of carbonyl (C=O) groups excluding carboxylic acids is 2. The van der Waals surface area contributed by atoms with Gasteiger partial charge in [0.1, 0.15) is 4.88 Å². The quantitative estimate of drug-likeness (QED) is 0.599. The van der Waals surface area contributed by atoms with Crippen LogP contribution in [0.5, 0.6) is 0 Å². The minimum atomic E-state index is -0.284. The van der Waals surface area contributed by atoms with E-state index < -0.39 is 0 Å². The van der Waals surface area contributed by atoms with Crippen LogP contribution in [-0.4, -0.2) is 16.8 Å². The fraction of sp³-hybridized carbons (Fsp3) is 0.174. The Bertz CT molecular complexity index is 1090.